The number of alkyl halides is 1. The number of benzene rings is 2. The van der Waals surface area contributed by atoms with E-state index in [-0.39, 0.29) is 4.83 Å². The summed E-state index contributed by atoms with van der Waals surface area (Å²) in [7, 11) is 1.58. The van der Waals surface area contributed by atoms with Crippen LogP contribution in [0, 0.1) is 0 Å². The minimum atomic E-state index is -0.0120. The first-order valence-corrected chi connectivity index (χ1v) is 8.78. The molecule has 0 aromatic heterocycles. The van der Waals surface area contributed by atoms with Crippen LogP contribution in [0.25, 0.3) is 0 Å². The fraction of sp³-hybridized carbons (Fsp3) is 0.200. The van der Waals surface area contributed by atoms with E-state index in [2.05, 4.69) is 34.3 Å². The summed E-state index contributed by atoms with van der Waals surface area (Å²) in [6.45, 7) is 0. The van der Waals surface area contributed by atoms with Crippen LogP contribution in [-0.4, -0.2) is 13.4 Å². The highest BCUT2D eigenvalue weighted by Gasteiger charge is 2.18. The lowest BCUT2D eigenvalue weighted by Gasteiger charge is -2.17. The van der Waals surface area contributed by atoms with Crippen LogP contribution < -0.4 is 4.74 Å². The Bertz CT molecular complexity index is 619. The van der Waals surface area contributed by atoms with Crippen LogP contribution in [0.1, 0.15) is 16.0 Å². The maximum absolute atomic E-state index is 6.34. The molecule has 0 saturated heterocycles. The summed E-state index contributed by atoms with van der Waals surface area (Å²) >= 11 is 18.0. The van der Waals surface area contributed by atoms with Crippen molar-refractivity contribution in [1.82, 2.24) is 0 Å². The molecule has 0 amide bonds. The van der Waals surface area contributed by atoms with Gasteiger partial charge in [-0.2, -0.15) is 0 Å². The molecule has 0 saturated carbocycles. The molecule has 2 aromatic rings. The van der Waals surface area contributed by atoms with Crippen molar-refractivity contribution in [2.75, 3.05) is 13.4 Å². The smallest absolute Gasteiger partial charge is 0.138 e. The first-order valence-electron chi connectivity index (χ1n) is 5.88. The minimum absolute atomic E-state index is 0.0120. The van der Waals surface area contributed by atoms with Crippen molar-refractivity contribution in [3.8, 4) is 5.75 Å². The third kappa shape index (κ3) is 3.28. The van der Waals surface area contributed by atoms with Gasteiger partial charge in [0.05, 0.1) is 17.0 Å². The monoisotopic (exact) mass is 390 g/mol. The molecule has 0 heterocycles. The minimum Gasteiger partial charge on any atom is -0.495 e. The zero-order valence-corrected chi connectivity index (χ0v) is 14.9. The van der Waals surface area contributed by atoms with Crippen molar-refractivity contribution < 1.29 is 4.74 Å². The average molecular weight is 392 g/mol. The number of methoxy groups -OCH3 is 1. The maximum atomic E-state index is 6.34. The van der Waals surface area contributed by atoms with Crippen molar-refractivity contribution in [2.24, 2.45) is 0 Å². The van der Waals surface area contributed by atoms with E-state index in [1.54, 1.807) is 24.9 Å². The van der Waals surface area contributed by atoms with Gasteiger partial charge in [0, 0.05) is 16.0 Å². The molecule has 0 radical (unpaired) electrons. The van der Waals surface area contributed by atoms with Crippen molar-refractivity contribution in [1.29, 1.82) is 0 Å². The molecule has 0 aliphatic carbocycles. The highest BCUT2D eigenvalue weighted by atomic mass is 79.9. The molecular formula is C15H13BrCl2OS. The van der Waals surface area contributed by atoms with Crippen LogP contribution in [0.5, 0.6) is 5.75 Å². The van der Waals surface area contributed by atoms with E-state index in [4.69, 9.17) is 27.9 Å². The molecule has 0 aliphatic heterocycles. The standard InChI is InChI=1S/C15H13BrCl2OS/c1-19-13-8-11(17)10(7-12(13)18)15(16)9-5-3-4-6-14(9)20-2/h3-8,15H,1-2H3. The van der Waals surface area contributed by atoms with E-state index in [1.807, 2.05) is 18.2 Å². The summed E-state index contributed by atoms with van der Waals surface area (Å²) < 4.78 is 5.18. The van der Waals surface area contributed by atoms with E-state index in [0.717, 1.165) is 5.56 Å². The molecule has 106 valence electrons. The quantitative estimate of drug-likeness (QED) is 0.452. The largest absolute Gasteiger partial charge is 0.495 e. The molecule has 1 nitrogen and oxygen atoms in total. The zero-order chi connectivity index (χ0) is 14.7. The van der Waals surface area contributed by atoms with Crippen molar-refractivity contribution in [3.05, 3.63) is 57.6 Å². The van der Waals surface area contributed by atoms with Crippen molar-refractivity contribution >= 4 is 50.9 Å². The van der Waals surface area contributed by atoms with E-state index >= 15 is 0 Å². The first kappa shape index (κ1) is 16.0. The van der Waals surface area contributed by atoms with Crippen LogP contribution in [0.15, 0.2) is 41.3 Å². The SMILES string of the molecule is COc1cc(Cl)c(C(Br)c2ccccc2SC)cc1Cl. The highest BCUT2D eigenvalue weighted by Crippen LogP contribution is 2.42. The lowest BCUT2D eigenvalue weighted by molar-refractivity contribution is 0.415. The van der Waals surface area contributed by atoms with Gasteiger partial charge in [0.25, 0.3) is 0 Å². The highest BCUT2D eigenvalue weighted by molar-refractivity contribution is 9.09. The molecule has 2 rings (SSSR count). The summed E-state index contributed by atoms with van der Waals surface area (Å²) in [6.07, 6.45) is 2.06. The van der Waals surface area contributed by atoms with Gasteiger partial charge in [0.15, 0.2) is 0 Å². The topological polar surface area (TPSA) is 9.23 Å². The summed E-state index contributed by atoms with van der Waals surface area (Å²) in [6, 6.07) is 11.8. The van der Waals surface area contributed by atoms with Gasteiger partial charge in [-0.15, -0.1) is 11.8 Å². The Morgan fingerprint density at radius 1 is 1.10 bits per heavy atom. The molecule has 5 heteroatoms. The Hall–Kier alpha value is -0.350. The molecule has 2 aromatic carbocycles. The molecule has 1 unspecified atom stereocenters. The second-order valence-electron chi connectivity index (χ2n) is 4.11. The molecule has 0 fully saturated rings. The Morgan fingerprint density at radius 3 is 2.45 bits per heavy atom. The number of hydrogen-bond acceptors (Lipinski definition) is 2. The van der Waals surface area contributed by atoms with Crippen LogP contribution in [0.4, 0.5) is 0 Å². The summed E-state index contributed by atoms with van der Waals surface area (Å²) in [5, 5.41) is 1.18. The average Bonchev–Trinajstić information content (AvgIpc) is 2.48. The fourth-order valence-corrected chi connectivity index (χ4v) is 4.15. The Labute approximate surface area is 141 Å². The molecule has 20 heavy (non-hydrogen) atoms. The van der Waals surface area contributed by atoms with Gasteiger partial charge in [-0.3, -0.25) is 0 Å². The van der Waals surface area contributed by atoms with Gasteiger partial charge >= 0.3 is 0 Å². The number of hydrogen-bond donors (Lipinski definition) is 0. The predicted octanol–water partition coefficient (Wildman–Crippen LogP) is 6.21. The van der Waals surface area contributed by atoms with Crippen LogP contribution >= 0.6 is 50.9 Å². The maximum Gasteiger partial charge on any atom is 0.138 e. The van der Waals surface area contributed by atoms with Crippen LogP contribution in [0.2, 0.25) is 10.0 Å². The molecule has 1 atom stereocenters. The third-order valence-corrected chi connectivity index (χ3v) is 5.38. The third-order valence-electron chi connectivity index (χ3n) is 2.96. The lowest BCUT2D eigenvalue weighted by atomic mass is 10.0. The van der Waals surface area contributed by atoms with Gasteiger partial charge < -0.3 is 4.74 Å². The number of ether oxygens (including phenoxy) is 1. The molecule has 0 bridgehead atoms. The fourth-order valence-electron chi connectivity index (χ4n) is 1.94. The molecule has 0 N–H and O–H groups in total. The van der Waals surface area contributed by atoms with E-state index in [9.17, 15) is 0 Å². The van der Waals surface area contributed by atoms with E-state index in [1.165, 1.54) is 10.5 Å². The Balaban J connectivity index is 2.48. The number of halogens is 3. The van der Waals surface area contributed by atoms with Crippen LogP contribution in [0.3, 0.4) is 0 Å². The Kier molecular flexibility index (Phi) is 5.67. The first-order chi connectivity index (χ1) is 9.58. The summed E-state index contributed by atoms with van der Waals surface area (Å²) in [5.74, 6) is 0.582. The lowest BCUT2D eigenvalue weighted by Crippen LogP contribution is -1.97. The second kappa shape index (κ2) is 7.08. The van der Waals surface area contributed by atoms with Gasteiger partial charge in [-0.25, -0.2) is 0 Å². The normalized spacial score (nSPS) is 12.2. The van der Waals surface area contributed by atoms with Gasteiger partial charge in [0.1, 0.15) is 5.75 Å². The van der Waals surface area contributed by atoms with E-state index < -0.39 is 0 Å². The molecule has 0 spiro atoms. The number of rotatable bonds is 4. The predicted molar refractivity (Wildman–Crippen MR) is 92.0 cm³/mol. The zero-order valence-electron chi connectivity index (χ0n) is 11.0. The summed E-state index contributed by atoms with van der Waals surface area (Å²) in [5.41, 5.74) is 2.10. The van der Waals surface area contributed by atoms with E-state index in [0.29, 0.717) is 15.8 Å². The van der Waals surface area contributed by atoms with Crippen molar-refractivity contribution in [3.63, 3.8) is 0 Å². The van der Waals surface area contributed by atoms with Gasteiger partial charge in [0.2, 0.25) is 0 Å². The van der Waals surface area contributed by atoms with Gasteiger partial charge in [-0.05, 0) is 29.5 Å². The van der Waals surface area contributed by atoms with Gasteiger partial charge in [-0.1, -0.05) is 57.3 Å². The van der Waals surface area contributed by atoms with Crippen molar-refractivity contribution in [2.45, 2.75) is 9.72 Å². The second-order valence-corrected chi connectivity index (χ2v) is 6.69. The summed E-state index contributed by atoms with van der Waals surface area (Å²) in [4.78, 5) is 1.19. The van der Waals surface area contributed by atoms with Crippen LogP contribution in [-0.2, 0) is 0 Å². The Morgan fingerprint density at radius 2 is 1.80 bits per heavy atom. The molecular weight excluding hydrogens is 379 g/mol. The molecule has 0 aliphatic rings. The number of thioether (sulfide) groups is 1.